The number of anilines is 1. The van der Waals surface area contributed by atoms with Crippen LogP contribution in [-0.2, 0) is 22.9 Å². The molecule has 2 heterocycles. The third kappa shape index (κ3) is 4.83. The van der Waals surface area contributed by atoms with Crippen molar-refractivity contribution in [1.29, 1.82) is 0 Å². The lowest BCUT2D eigenvalue weighted by Gasteiger charge is -2.20. The normalized spacial score (nSPS) is 13.3. The maximum absolute atomic E-state index is 13.2. The number of aromatic nitrogens is 2. The number of fused-ring (bicyclic) bond motifs is 1. The third-order valence-electron chi connectivity index (χ3n) is 5.56. The number of carbonyl (C=O) groups excluding carboxylic acids is 1. The molecule has 4 rings (SSSR count). The van der Waals surface area contributed by atoms with E-state index in [1.54, 1.807) is 6.07 Å². The summed E-state index contributed by atoms with van der Waals surface area (Å²) in [7, 11) is -4.24. The van der Waals surface area contributed by atoms with E-state index in [2.05, 4.69) is 14.7 Å². The first kappa shape index (κ1) is 22.7. The fourth-order valence-electron chi connectivity index (χ4n) is 4.09. The van der Waals surface area contributed by atoms with Gasteiger partial charge >= 0.3 is 0 Å². The fraction of sp³-hybridized carbons (Fsp3) is 0.292. The fourth-order valence-corrected chi connectivity index (χ4v) is 5.03. The summed E-state index contributed by atoms with van der Waals surface area (Å²) in [5, 5.41) is -0.338. The number of hydrogen-bond donors (Lipinski definition) is 2. The van der Waals surface area contributed by atoms with Crippen LogP contribution in [-0.4, -0.2) is 24.3 Å². The largest absolute Gasteiger partial charge is 0.438 e. The molecule has 33 heavy (non-hydrogen) atoms. The van der Waals surface area contributed by atoms with Crippen LogP contribution in [0.4, 0.5) is 5.82 Å². The molecule has 0 spiro atoms. The van der Waals surface area contributed by atoms with E-state index in [1.165, 1.54) is 18.2 Å². The van der Waals surface area contributed by atoms with E-state index in [-0.39, 0.29) is 22.3 Å². The second-order valence-corrected chi connectivity index (χ2v) is 9.95. The molecule has 0 atom stereocenters. The van der Waals surface area contributed by atoms with Gasteiger partial charge in [-0.3, -0.25) is 4.79 Å². The second kappa shape index (κ2) is 8.82. The molecular weight excluding hydrogens is 440 g/mol. The smallest absolute Gasteiger partial charge is 0.281 e. The zero-order valence-corrected chi connectivity index (χ0v) is 19.6. The van der Waals surface area contributed by atoms with E-state index < -0.39 is 15.9 Å². The average molecular weight is 467 g/mol. The molecule has 1 aromatic carbocycles. The number of nitrogens with zero attached hydrogens (tertiary/aromatic N) is 2. The van der Waals surface area contributed by atoms with E-state index in [0.29, 0.717) is 5.75 Å². The van der Waals surface area contributed by atoms with E-state index >= 15 is 0 Å². The maximum Gasteiger partial charge on any atom is 0.281 e. The molecule has 0 unspecified atom stereocenters. The molecule has 0 radical (unpaired) electrons. The number of nitrogen functional groups attached to an aromatic ring is 1. The van der Waals surface area contributed by atoms with Gasteiger partial charge in [0.25, 0.3) is 15.9 Å². The van der Waals surface area contributed by atoms with Gasteiger partial charge in [0.1, 0.15) is 17.1 Å². The molecule has 0 bridgehead atoms. The number of amides is 1. The SMILES string of the molecule is Cc1cc(C)c(Oc2nc3c(cc2C(=O)NS(=O)(=O)c2cccc(N)n2)CCCC3)c(C)c1. The van der Waals surface area contributed by atoms with Crippen molar-refractivity contribution in [2.75, 3.05) is 5.73 Å². The van der Waals surface area contributed by atoms with Gasteiger partial charge in [0, 0.05) is 5.69 Å². The van der Waals surface area contributed by atoms with Crippen molar-refractivity contribution in [1.82, 2.24) is 14.7 Å². The first-order chi connectivity index (χ1) is 15.6. The van der Waals surface area contributed by atoms with Gasteiger partial charge in [-0.25, -0.2) is 14.7 Å². The molecule has 172 valence electrons. The van der Waals surface area contributed by atoms with Crippen molar-refractivity contribution in [3.8, 4) is 11.6 Å². The number of benzene rings is 1. The van der Waals surface area contributed by atoms with Crippen molar-refractivity contribution in [3.05, 3.63) is 69.9 Å². The van der Waals surface area contributed by atoms with Crippen LogP contribution in [0.2, 0.25) is 0 Å². The molecule has 1 aliphatic rings. The molecule has 0 saturated heterocycles. The van der Waals surface area contributed by atoms with Crippen molar-refractivity contribution < 1.29 is 17.9 Å². The Morgan fingerprint density at radius 1 is 1.03 bits per heavy atom. The molecule has 0 aliphatic heterocycles. The zero-order chi connectivity index (χ0) is 23.8. The van der Waals surface area contributed by atoms with Crippen LogP contribution in [0.3, 0.4) is 0 Å². The van der Waals surface area contributed by atoms with Crippen molar-refractivity contribution in [2.45, 2.75) is 51.5 Å². The average Bonchev–Trinajstić information content (AvgIpc) is 2.75. The predicted molar refractivity (Wildman–Crippen MR) is 125 cm³/mol. The molecule has 2 aromatic heterocycles. The first-order valence-electron chi connectivity index (χ1n) is 10.7. The number of nitrogens with two attached hydrogens (primary N) is 1. The third-order valence-corrected chi connectivity index (χ3v) is 6.79. The second-order valence-electron chi connectivity index (χ2n) is 8.32. The zero-order valence-electron chi connectivity index (χ0n) is 18.8. The standard InChI is InChI=1S/C24H26N4O4S/c1-14-11-15(2)22(16(3)12-14)32-24-18(13-17-7-4-5-8-19(17)26-24)23(29)28-33(30,31)21-10-6-9-20(25)27-21/h6,9-13H,4-5,7-8H2,1-3H3,(H2,25,27)(H,28,29). The van der Waals surface area contributed by atoms with Gasteiger partial charge in [-0.1, -0.05) is 23.8 Å². The molecular formula is C24H26N4O4S. The number of carbonyl (C=O) groups is 1. The Kier molecular flexibility index (Phi) is 6.07. The van der Waals surface area contributed by atoms with E-state index in [9.17, 15) is 13.2 Å². The highest BCUT2D eigenvalue weighted by molar-refractivity contribution is 7.90. The van der Waals surface area contributed by atoms with Crippen LogP contribution in [0.15, 0.2) is 41.4 Å². The Hall–Kier alpha value is -3.46. The molecule has 1 amide bonds. The lowest BCUT2D eigenvalue weighted by atomic mass is 9.95. The summed E-state index contributed by atoms with van der Waals surface area (Å²) < 4.78 is 33.8. The summed E-state index contributed by atoms with van der Waals surface area (Å²) in [5.41, 5.74) is 10.3. The molecule has 8 nitrogen and oxygen atoms in total. The van der Waals surface area contributed by atoms with E-state index in [1.807, 2.05) is 32.9 Å². The lowest BCUT2D eigenvalue weighted by Crippen LogP contribution is -2.32. The van der Waals surface area contributed by atoms with E-state index in [4.69, 9.17) is 10.5 Å². The lowest BCUT2D eigenvalue weighted by molar-refractivity contribution is 0.0978. The van der Waals surface area contributed by atoms with Gasteiger partial charge in [-0.05, 0) is 81.3 Å². The van der Waals surface area contributed by atoms with Crippen LogP contribution in [0, 0.1) is 20.8 Å². The number of aryl methyl sites for hydroxylation is 5. The number of pyridine rings is 2. The predicted octanol–water partition coefficient (Wildman–Crippen LogP) is 3.77. The van der Waals surface area contributed by atoms with Crippen LogP contribution in [0.5, 0.6) is 11.6 Å². The highest BCUT2D eigenvalue weighted by atomic mass is 32.2. The number of ether oxygens (including phenoxy) is 1. The van der Waals surface area contributed by atoms with Crippen LogP contribution >= 0.6 is 0 Å². The molecule has 9 heteroatoms. The minimum absolute atomic E-state index is 0.0371. The molecule has 1 aliphatic carbocycles. The number of nitrogens with one attached hydrogen (secondary N) is 1. The molecule has 0 saturated carbocycles. The summed E-state index contributed by atoms with van der Waals surface area (Å²) in [6.07, 6.45) is 3.54. The van der Waals surface area contributed by atoms with Gasteiger partial charge in [0.2, 0.25) is 5.88 Å². The summed E-state index contributed by atoms with van der Waals surface area (Å²) in [6, 6.07) is 9.85. The minimum atomic E-state index is -4.24. The quantitative estimate of drug-likeness (QED) is 0.586. The topological polar surface area (TPSA) is 124 Å². The van der Waals surface area contributed by atoms with Gasteiger partial charge < -0.3 is 10.5 Å². The summed E-state index contributed by atoms with van der Waals surface area (Å²) in [4.78, 5) is 21.6. The van der Waals surface area contributed by atoms with Gasteiger partial charge in [-0.2, -0.15) is 8.42 Å². The van der Waals surface area contributed by atoms with Gasteiger partial charge in [-0.15, -0.1) is 0 Å². The Morgan fingerprint density at radius 2 is 1.73 bits per heavy atom. The number of rotatable bonds is 5. The first-order valence-corrected chi connectivity index (χ1v) is 12.2. The van der Waals surface area contributed by atoms with Crippen LogP contribution in [0.1, 0.15) is 51.1 Å². The van der Waals surface area contributed by atoms with Crippen molar-refractivity contribution in [3.63, 3.8) is 0 Å². The van der Waals surface area contributed by atoms with Crippen molar-refractivity contribution >= 4 is 21.7 Å². The number of sulfonamides is 1. The monoisotopic (exact) mass is 466 g/mol. The van der Waals surface area contributed by atoms with Gasteiger partial charge in [0.05, 0.1) is 0 Å². The molecule has 3 aromatic rings. The Morgan fingerprint density at radius 3 is 2.42 bits per heavy atom. The number of hydrogen-bond acceptors (Lipinski definition) is 7. The summed E-state index contributed by atoms with van der Waals surface area (Å²) in [6.45, 7) is 5.84. The van der Waals surface area contributed by atoms with E-state index in [0.717, 1.165) is 53.6 Å². The summed E-state index contributed by atoms with van der Waals surface area (Å²) in [5.74, 6) is -0.121. The molecule has 3 N–H and O–H groups in total. The van der Waals surface area contributed by atoms with Gasteiger partial charge in [0.15, 0.2) is 5.03 Å². The van der Waals surface area contributed by atoms with Crippen LogP contribution < -0.4 is 15.2 Å². The highest BCUT2D eigenvalue weighted by Crippen LogP contribution is 2.33. The Labute approximate surface area is 193 Å². The molecule has 0 fully saturated rings. The Bertz CT molecular complexity index is 1330. The van der Waals surface area contributed by atoms with Crippen molar-refractivity contribution in [2.24, 2.45) is 0 Å². The van der Waals surface area contributed by atoms with Crippen LogP contribution in [0.25, 0.3) is 0 Å². The minimum Gasteiger partial charge on any atom is -0.438 e. The summed E-state index contributed by atoms with van der Waals surface area (Å²) >= 11 is 0. The highest BCUT2D eigenvalue weighted by Gasteiger charge is 2.26. The maximum atomic E-state index is 13.2. The Balaban J connectivity index is 1.75.